The molecule has 1 unspecified atom stereocenters. The molecule has 0 saturated carbocycles. The number of likely N-dealkylation sites (N-methyl/N-ethyl adjacent to an activating group) is 1. The molecule has 2 aromatic rings. The lowest BCUT2D eigenvalue weighted by atomic mass is 10.0. The average molecular weight is 251 g/mol. The van der Waals surface area contributed by atoms with Crippen LogP contribution in [0.2, 0.25) is 0 Å². The largest absolute Gasteiger partial charge is 0.310 e. The number of hydrogen-bond acceptors (Lipinski definition) is 3. The van der Waals surface area contributed by atoms with E-state index in [1.807, 2.05) is 11.3 Å². The molecular weight excluding hydrogens is 234 g/mol. The van der Waals surface area contributed by atoms with Crippen LogP contribution in [-0.4, -0.2) is 6.54 Å². The molecule has 16 heavy (non-hydrogen) atoms. The van der Waals surface area contributed by atoms with Gasteiger partial charge < -0.3 is 5.32 Å². The summed E-state index contributed by atoms with van der Waals surface area (Å²) in [5, 5.41) is 10.2. The molecule has 2 rings (SSSR count). The van der Waals surface area contributed by atoms with Gasteiger partial charge in [-0.05, 0) is 59.3 Å². The van der Waals surface area contributed by atoms with Gasteiger partial charge in [-0.1, -0.05) is 6.92 Å². The molecule has 1 N–H and O–H groups in total. The van der Waals surface area contributed by atoms with Crippen molar-refractivity contribution >= 4 is 22.7 Å². The zero-order valence-electron chi connectivity index (χ0n) is 9.69. The Kier molecular flexibility index (Phi) is 4.16. The summed E-state index contributed by atoms with van der Waals surface area (Å²) < 4.78 is 0. The number of aryl methyl sites for hydroxylation is 1. The molecule has 0 aliphatic carbocycles. The van der Waals surface area contributed by atoms with Gasteiger partial charge in [0.05, 0.1) is 0 Å². The first kappa shape index (κ1) is 11.8. The molecule has 0 aromatic carbocycles. The highest BCUT2D eigenvalue weighted by Gasteiger charge is 2.12. The van der Waals surface area contributed by atoms with Crippen molar-refractivity contribution in [1.82, 2.24) is 5.32 Å². The van der Waals surface area contributed by atoms with E-state index >= 15 is 0 Å². The molecule has 0 spiro atoms. The normalized spacial score (nSPS) is 12.9. The summed E-state index contributed by atoms with van der Waals surface area (Å²) in [5.74, 6) is 0. The van der Waals surface area contributed by atoms with Crippen LogP contribution in [-0.2, 0) is 6.42 Å². The van der Waals surface area contributed by atoms with Gasteiger partial charge in [-0.25, -0.2) is 0 Å². The molecule has 0 bridgehead atoms. The molecule has 2 heterocycles. The zero-order valence-corrected chi connectivity index (χ0v) is 11.3. The van der Waals surface area contributed by atoms with E-state index in [-0.39, 0.29) is 0 Å². The maximum atomic E-state index is 3.56. The van der Waals surface area contributed by atoms with Crippen LogP contribution in [0.5, 0.6) is 0 Å². The Labute approximate surface area is 105 Å². The van der Waals surface area contributed by atoms with Crippen LogP contribution in [0.25, 0.3) is 0 Å². The number of thiophene rings is 2. The van der Waals surface area contributed by atoms with E-state index in [1.54, 1.807) is 11.3 Å². The maximum absolute atomic E-state index is 3.56. The van der Waals surface area contributed by atoms with Gasteiger partial charge in [0, 0.05) is 10.9 Å². The first-order valence-electron chi connectivity index (χ1n) is 5.59. The molecular formula is C13H17NS2. The molecule has 0 aliphatic rings. The van der Waals surface area contributed by atoms with Crippen molar-refractivity contribution in [2.75, 3.05) is 6.54 Å². The summed E-state index contributed by atoms with van der Waals surface area (Å²) in [7, 11) is 0. The summed E-state index contributed by atoms with van der Waals surface area (Å²) >= 11 is 3.61. The van der Waals surface area contributed by atoms with E-state index in [9.17, 15) is 0 Å². The molecule has 0 saturated heterocycles. The fourth-order valence-corrected chi connectivity index (χ4v) is 3.29. The Morgan fingerprint density at radius 1 is 1.38 bits per heavy atom. The van der Waals surface area contributed by atoms with E-state index in [0.29, 0.717) is 6.04 Å². The maximum Gasteiger partial charge on any atom is 0.0369 e. The van der Waals surface area contributed by atoms with Crippen molar-refractivity contribution in [3.63, 3.8) is 0 Å². The van der Waals surface area contributed by atoms with Crippen molar-refractivity contribution in [2.45, 2.75) is 26.3 Å². The Morgan fingerprint density at radius 3 is 2.81 bits per heavy atom. The highest BCUT2D eigenvalue weighted by Crippen LogP contribution is 2.24. The monoisotopic (exact) mass is 251 g/mol. The van der Waals surface area contributed by atoms with Crippen molar-refractivity contribution in [3.8, 4) is 0 Å². The number of hydrogen-bond donors (Lipinski definition) is 1. The molecule has 3 heteroatoms. The third-order valence-corrected chi connectivity index (χ3v) is 4.24. The molecule has 1 atom stereocenters. The lowest BCUT2D eigenvalue weighted by Crippen LogP contribution is -2.22. The van der Waals surface area contributed by atoms with E-state index in [4.69, 9.17) is 0 Å². The van der Waals surface area contributed by atoms with Crippen molar-refractivity contribution < 1.29 is 0 Å². The van der Waals surface area contributed by atoms with Crippen LogP contribution < -0.4 is 5.32 Å². The van der Waals surface area contributed by atoms with Crippen LogP contribution in [0.4, 0.5) is 0 Å². The van der Waals surface area contributed by atoms with Crippen molar-refractivity contribution in [1.29, 1.82) is 0 Å². The minimum atomic E-state index is 0.463. The third kappa shape index (κ3) is 2.94. The van der Waals surface area contributed by atoms with Crippen molar-refractivity contribution in [3.05, 3.63) is 44.3 Å². The highest BCUT2D eigenvalue weighted by molar-refractivity contribution is 7.10. The first-order valence-corrected chi connectivity index (χ1v) is 7.41. The minimum Gasteiger partial charge on any atom is -0.310 e. The lowest BCUT2D eigenvalue weighted by molar-refractivity contribution is 0.552. The third-order valence-electron chi connectivity index (χ3n) is 2.62. The Bertz CT molecular complexity index is 417. The second kappa shape index (κ2) is 5.62. The van der Waals surface area contributed by atoms with Gasteiger partial charge in [-0.3, -0.25) is 0 Å². The molecule has 0 amide bonds. The Morgan fingerprint density at radius 2 is 2.25 bits per heavy atom. The van der Waals surface area contributed by atoms with E-state index in [2.05, 4.69) is 47.4 Å². The van der Waals surface area contributed by atoms with Gasteiger partial charge >= 0.3 is 0 Å². The van der Waals surface area contributed by atoms with Gasteiger partial charge in [0.1, 0.15) is 0 Å². The Balaban J connectivity index is 2.11. The summed E-state index contributed by atoms with van der Waals surface area (Å²) in [4.78, 5) is 1.39. The van der Waals surface area contributed by atoms with Gasteiger partial charge in [-0.15, -0.1) is 11.3 Å². The highest BCUT2D eigenvalue weighted by atomic mass is 32.1. The predicted molar refractivity (Wildman–Crippen MR) is 73.5 cm³/mol. The number of rotatable bonds is 5. The second-order valence-electron chi connectivity index (χ2n) is 3.94. The first-order chi connectivity index (χ1) is 7.79. The van der Waals surface area contributed by atoms with E-state index in [1.165, 1.54) is 16.0 Å². The van der Waals surface area contributed by atoms with E-state index < -0.39 is 0 Å². The molecule has 1 nitrogen and oxygen atoms in total. The van der Waals surface area contributed by atoms with Gasteiger partial charge in [-0.2, -0.15) is 11.3 Å². The van der Waals surface area contributed by atoms with Crippen LogP contribution in [0.1, 0.15) is 29.0 Å². The molecule has 86 valence electrons. The van der Waals surface area contributed by atoms with E-state index in [0.717, 1.165) is 13.0 Å². The number of nitrogens with one attached hydrogen (secondary N) is 1. The van der Waals surface area contributed by atoms with Crippen LogP contribution >= 0.6 is 22.7 Å². The molecule has 2 aromatic heterocycles. The fraction of sp³-hybridized carbons (Fsp3) is 0.385. The van der Waals surface area contributed by atoms with Crippen LogP contribution in [0, 0.1) is 6.92 Å². The molecule has 0 fully saturated rings. The topological polar surface area (TPSA) is 12.0 Å². The van der Waals surface area contributed by atoms with Crippen LogP contribution in [0.15, 0.2) is 28.3 Å². The summed E-state index contributed by atoms with van der Waals surface area (Å²) in [6.07, 6.45) is 1.09. The second-order valence-corrected chi connectivity index (χ2v) is 5.83. The predicted octanol–water partition coefficient (Wildman–Crippen LogP) is 4.01. The quantitative estimate of drug-likeness (QED) is 0.846. The van der Waals surface area contributed by atoms with Gasteiger partial charge in [0.15, 0.2) is 0 Å². The van der Waals surface area contributed by atoms with Crippen LogP contribution in [0.3, 0.4) is 0 Å². The SMILES string of the molecule is CCNC(Cc1ccsc1)c1csc(C)c1. The van der Waals surface area contributed by atoms with Gasteiger partial charge in [0.2, 0.25) is 0 Å². The molecule has 0 aliphatic heterocycles. The standard InChI is InChI=1S/C13H17NS2/c1-3-14-13(7-11-4-5-15-8-11)12-6-10(2)16-9-12/h4-6,8-9,13-14H,3,7H2,1-2H3. The Hall–Kier alpha value is -0.640. The summed E-state index contributed by atoms with van der Waals surface area (Å²) in [6, 6.07) is 4.98. The molecule has 0 radical (unpaired) electrons. The zero-order chi connectivity index (χ0) is 11.4. The summed E-state index contributed by atoms with van der Waals surface area (Å²) in [5.41, 5.74) is 2.86. The lowest BCUT2D eigenvalue weighted by Gasteiger charge is -2.16. The summed E-state index contributed by atoms with van der Waals surface area (Å²) in [6.45, 7) is 5.35. The van der Waals surface area contributed by atoms with Crippen molar-refractivity contribution in [2.24, 2.45) is 0 Å². The minimum absolute atomic E-state index is 0.463. The average Bonchev–Trinajstić information content (AvgIpc) is 2.88. The van der Waals surface area contributed by atoms with Gasteiger partial charge in [0.25, 0.3) is 0 Å². The fourth-order valence-electron chi connectivity index (χ4n) is 1.85. The smallest absolute Gasteiger partial charge is 0.0369 e.